The summed E-state index contributed by atoms with van der Waals surface area (Å²) in [4.78, 5) is 16.1. The lowest BCUT2D eigenvalue weighted by atomic mass is 9.86. The standard InChI is InChI=1S/C18H15FN2O2/c19-15-5-1-3-12(9-15)11-18(23,17(20)22)14-7-6-13-4-2-8-21-16(13)10-14/h1-10,23H,11H2,(H2,20,22). The lowest BCUT2D eigenvalue weighted by molar-refractivity contribution is -0.137. The number of halogens is 1. The average Bonchev–Trinajstić information content (AvgIpc) is 2.54. The summed E-state index contributed by atoms with van der Waals surface area (Å²) in [5.74, 6) is -1.33. The molecule has 2 aromatic carbocycles. The maximum absolute atomic E-state index is 13.3. The van der Waals surface area contributed by atoms with Gasteiger partial charge in [-0.05, 0) is 35.4 Å². The van der Waals surface area contributed by atoms with Crippen molar-refractivity contribution < 1.29 is 14.3 Å². The van der Waals surface area contributed by atoms with Gasteiger partial charge in [0.1, 0.15) is 5.82 Å². The van der Waals surface area contributed by atoms with Crippen molar-refractivity contribution in [3.05, 3.63) is 77.7 Å². The minimum Gasteiger partial charge on any atom is -0.375 e. The molecule has 0 aliphatic heterocycles. The van der Waals surface area contributed by atoms with Crippen LogP contribution >= 0.6 is 0 Å². The van der Waals surface area contributed by atoms with E-state index in [0.717, 1.165) is 5.39 Å². The Kier molecular flexibility index (Phi) is 3.80. The SMILES string of the molecule is NC(=O)C(O)(Cc1cccc(F)c1)c1ccc2cccnc2c1. The van der Waals surface area contributed by atoms with Gasteiger partial charge in [0.25, 0.3) is 5.91 Å². The van der Waals surface area contributed by atoms with Crippen LogP contribution in [0.5, 0.6) is 0 Å². The Labute approximate surface area is 132 Å². The lowest BCUT2D eigenvalue weighted by Crippen LogP contribution is -2.43. The third-order valence-corrected chi connectivity index (χ3v) is 3.84. The molecule has 0 spiro atoms. The molecule has 0 fully saturated rings. The van der Waals surface area contributed by atoms with Crippen LogP contribution in [-0.4, -0.2) is 16.0 Å². The Hall–Kier alpha value is -2.79. The van der Waals surface area contributed by atoms with Gasteiger partial charge in [0.15, 0.2) is 5.60 Å². The number of carbonyl (C=O) groups excluding carboxylic acids is 1. The summed E-state index contributed by atoms with van der Waals surface area (Å²) in [6, 6.07) is 14.4. The first-order valence-electron chi connectivity index (χ1n) is 7.11. The molecule has 0 saturated heterocycles. The molecule has 116 valence electrons. The van der Waals surface area contributed by atoms with Crippen LogP contribution in [0.1, 0.15) is 11.1 Å². The third-order valence-electron chi connectivity index (χ3n) is 3.84. The number of primary amides is 1. The Morgan fingerprint density at radius 2 is 2.00 bits per heavy atom. The normalized spacial score (nSPS) is 13.7. The Morgan fingerprint density at radius 3 is 2.74 bits per heavy atom. The monoisotopic (exact) mass is 310 g/mol. The highest BCUT2D eigenvalue weighted by Gasteiger charge is 2.36. The molecule has 0 aliphatic carbocycles. The maximum Gasteiger partial charge on any atom is 0.254 e. The Bertz CT molecular complexity index is 882. The summed E-state index contributed by atoms with van der Waals surface area (Å²) in [5, 5.41) is 11.7. The second-order valence-corrected chi connectivity index (χ2v) is 5.44. The zero-order chi connectivity index (χ0) is 16.4. The molecule has 5 heteroatoms. The minimum atomic E-state index is -1.93. The highest BCUT2D eigenvalue weighted by Crippen LogP contribution is 2.28. The van der Waals surface area contributed by atoms with Gasteiger partial charge in [-0.15, -0.1) is 0 Å². The van der Waals surface area contributed by atoms with Crippen LogP contribution in [0.15, 0.2) is 60.8 Å². The number of pyridine rings is 1. The summed E-state index contributed by atoms with van der Waals surface area (Å²) >= 11 is 0. The number of aliphatic hydroxyl groups is 1. The highest BCUT2D eigenvalue weighted by molar-refractivity contribution is 5.87. The first-order valence-corrected chi connectivity index (χ1v) is 7.11. The molecular weight excluding hydrogens is 295 g/mol. The number of benzene rings is 2. The van der Waals surface area contributed by atoms with Crippen molar-refractivity contribution in [3.63, 3.8) is 0 Å². The van der Waals surface area contributed by atoms with Crippen molar-refractivity contribution in [2.24, 2.45) is 5.73 Å². The summed E-state index contributed by atoms with van der Waals surface area (Å²) in [6.45, 7) is 0. The second kappa shape index (κ2) is 5.78. The van der Waals surface area contributed by atoms with Crippen molar-refractivity contribution in [2.75, 3.05) is 0 Å². The number of carbonyl (C=O) groups is 1. The number of fused-ring (bicyclic) bond motifs is 1. The van der Waals surface area contributed by atoms with Crippen LogP contribution in [0, 0.1) is 5.82 Å². The maximum atomic E-state index is 13.3. The number of hydrogen-bond acceptors (Lipinski definition) is 3. The molecule has 23 heavy (non-hydrogen) atoms. The van der Waals surface area contributed by atoms with Gasteiger partial charge in [0, 0.05) is 18.0 Å². The minimum absolute atomic E-state index is 0.113. The van der Waals surface area contributed by atoms with Crippen molar-refractivity contribution in [2.45, 2.75) is 12.0 Å². The molecule has 1 heterocycles. The molecule has 0 radical (unpaired) electrons. The van der Waals surface area contributed by atoms with E-state index < -0.39 is 17.3 Å². The largest absolute Gasteiger partial charge is 0.375 e. The molecule has 1 aromatic heterocycles. The smallest absolute Gasteiger partial charge is 0.254 e. The first-order chi connectivity index (χ1) is 11.0. The zero-order valence-electron chi connectivity index (χ0n) is 12.2. The fourth-order valence-electron chi connectivity index (χ4n) is 2.60. The van der Waals surface area contributed by atoms with Crippen LogP contribution in [0.2, 0.25) is 0 Å². The van der Waals surface area contributed by atoms with Gasteiger partial charge in [-0.2, -0.15) is 0 Å². The topological polar surface area (TPSA) is 76.2 Å². The number of nitrogens with two attached hydrogens (primary N) is 1. The van der Waals surface area contributed by atoms with Gasteiger partial charge in [-0.3, -0.25) is 9.78 Å². The number of aromatic nitrogens is 1. The quantitative estimate of drug-likeness (QED) is 0.776. The number of hydrogen-bond donors (Lipinski definition) is 2. The van der Waals surface area contributed by atoms with Gasteiger partial charge in [0.05, 0.1) is 5.52 Å². The van der Waals surface area contributed by atoms with Crippen molar-refractivity contribution in [1.82, 2.24) is 4.98 Å². The van der Waals surface area contributed by atoms with Gasteiger partial charge in [-0.1, -0.05) is 30.3 Å². The van der Waals surface area contributed by atoms with E-state index in [2.05, 4.69) is 4.98 Å². The summed E-state index contributed by atoms with van der Waals surface area (Å²) in [7, 11) is 0. The predicted molar refractivity (Wildman–Crippen MR) is 84.9 cm³/mol. The van der Waals surface area contributed by atoms with Crippen LogP contribution < -0.4 is 5.73 Å². The Morgan fingerprint density at radius 1 is 1.17 bits per heavy atom. The van der Waals surface area contributed by atoms with E-state index in [-0.39, 0.29) is 6.42 Å². The van der Waals surface area contributed by atoms with E-state index in [9.17, 15) is 14.3 Å². The Balaban J connectivity index is 2.06. The summed E-state index contributed by atoms with van der Waals surface area (Å²) in [6.07, 6.45) is 1.51. The van der Waals surface area contributed by atoms with Crippen molar-refractivity contribution in [3.8, 4) is 0 Å². The van der Waals surface area contributed by atoms with Crippen LogP contribution in [0.25, 0.3) is 10.9 Å². The highest BCUT2D eigenvalue weighted by atomic mass is 19.1. The van der Waals surface area contributed by atoms with Crippen molar-refractivity contribution >= 4 is 16.8 Å². The third kappa shape index (κ3) is 2.91. The van der Waals surface area contributed by atoms with Crippen LogP contribution in [0.4, 0.5) is 4.39 Å². The van der Waals surface area contributed by atoms with Gasteiger partial charge < -0.3 is 10.8 Å². The fourth-order valence-corrected chi connectivity index (χ4v) is 2.60. The molecule has 0 saturated carbocycles. The van der Waals surface area contributed by atoms with Crippen molar-refractivity contribution in [1.29, 1.82) is 0 Å². The van der Waals surface area contributed by atoms with E-state index >= 15 is 0 Å². The molecule has 3 N–H and O–H groups in total. The number of rotatable bonds is 4. The van der Waals surface area contributed by atoms with E-state index in [4.69, 9.17) is 5.73 Å². The average molecular weight is 310 g/mol. The summed E-state index contributed by atoms with van der Waals surface area (Å²) < 4.78 is 13.3. The van der Waals surface area contributed by atoms with Crippen LogP contribution in [0.3, 0.4) is 0 Å². The molecule has 0 bridgehead atoms. The fraction of sp³-hybridized carbons (Fsp3) is 0.111. The number of nitrogens with zero attached hydrogens (tertiary/aromatic N) is 1. The lowest BCUT2D eigenvalue weighted by Gasteiger charge is -2.25. The van der Waals surface area contributed by atoms with E-state index in [0.29, 0.717) is 16.6 Å². The van der Waals surface area contributed by atoms with E-state index in [1.54, 1.807) is 36.5 Å². The zero-order valence-corrected chi connectivity index (χ0v) is 12.2. The molecule has 1 atom stereocenters. The molecule has 3 rings (SSSR count). The first kappa shape index (κ1) is 15.1. The predicted octanol–water partition coefficient (Wildman–Crippen LogP) is 2.29. The van der Waals surface area contributed by atoms with E-state index in [1.165, 1.54) is 18.2 Å². The molecule has 1 amide bonds. The van der Waals surface area contributed by atoms with Gasteiger partial charge in [-0.25, -0.2) is 4.39 Å². The second-order valence-electron chi connectivity index (χ2n) is 5.44. The molecule has 0 aliphatic rings. The van der Waals surface area contributed by atoms with E-state index in [1.807, 2.05) is 6.07 Å². The van der Waals surface area contributed by atoms with Gasteiger partial charge in [0.2, 0.25) is 0 Å². The summed E-state index contributed by atoms with van der Waals surface area (Å²) in [5.41, 5.74) is 4.95. The molecule has 4 nitrogen and oxygen atoms in total. The van der Waals surface area contributed by atoms with Crippen LogP contribution in [-0.2, 0) is 16.8 Å². The number of amides is 1. The molecular formula is C18H15FN2O2. The molecule has 3 aromatic rings. The molecule has 1 unspecified atom stereocenters. The van der Waals surface area contributed by atoms with Gasteiger partial charge >= 0.3 is 0 Å².